The Balaban J connectivity index is 1.59. The van der Waals surface area contributed by atoms with Crippen molar-refractivity contribution in [1.82, 2.24) is 24.5 Å². The number of H-pyrrole nitrogens is 1. The van der Waals surface area contributed by atoms with E-state index in [9.17, 15) is 21.6 Å². The van der Waals surface area contributed by atoms with Gasteiger partial charge in [0.05, 0.1) is 10.9 Å². The Morgan fingerprint density at radius 2 is 1.84 bits per heavy atom. The second kappa shape index (κ2) is 8.28. The van der Waals surface area contributed by atoms with Crippen molar-refractivity contribution in [2.45, 2.75) is 31.3 Å². The Labute approximate surface area is 181 Å². The average molecular weight is 465 g/mol. The molecule has 4 rings (SSSR count). The van der Waals surface area contributed by atoms with Gasteiger partial charge in [-0.25, -0.2) is 26.3 Å². The highest BCUT2D eigenvalue weighted by Gasteiger charge is 2.26. The van der Waals surface area contributed by atoms with Gasteiger partial charge in [0.2, 0.25) is 10.0 Å². The number of aromatic nitrogens is 4. The fourth-order valence-corrected chi connectivity index (χ4v) is 4.45. The van der Waals surface area contributed by atoms with Crippen molar-refractivity contribution in [2.75, 3.05) is 0 Å². The molecule has 8 nitrogen and oxygen atoms in total. The van der Waals surface area contributed by atoms with Crippen LogP contribution in [0, 0.1) is 17.5 Å². The summed E-state index contributed by atoms with van der Waals surface area (Å²) in [6.45, 7) is 3.63. The van der Waals surface area contributed by atoms with E-state index in [0.29, 0.717) is 24.4 Å². The number of sulfonamides is 1. The van der Waals surface area contributed by atoms with Gasteiger partial charge in [-0.2, -0.15) is 0 Å². The molecule has 0 saturated carbocycles. The van der Waals surface area contributed by atoms with Gasteiger partial charge in [-0.15, -0.1) is 5.10 Å². The first-order chi connectivity index (χ1) is 15.2. The van der Waals surface area contributed by atoms with Gasteiger partial charge in [-0.1, -0.05) is 5.10 Å². The number of halogens is 3. The first kappa shape index (κ1) is 21.8. The van der Waals surface area contributed by atoms with Crippen LogP contribution in [0.3, 0.4) is 0 Å². The van der Waals surface area contributed by atoms with Crippen LogP contribution in [0.2, 0.25) is 0 Å². The first-order valence-corrected chi connectivity index (χ1v) is 11.0. The summed E-state index contributed by atoms with van der Waals surface area (Å²) < 4.78 is 74.9. The van der Waals surface area contributed by atoms with Crippen LogP contribution in [-0.2, 0) is 16.6 Å². The predicted molar refractivity (Wildman–Crippen MR) is 109 cm³/mol. The van der Waals surface area contributed by atoms with E-state index in [1.54, 1.807) is 29.8 Å². The molecule has 2 heterocycles. The lowest BCUT2D eigenvalue weighted by molar-refractivity contribution is 0.408. The highest BCUT2D eigenvalue weighted by Crippen LogP contribution is 2.27. The molecule has 0 spiro atoms. The molecule has 2 aromatic carbocycles. The summed E-state index contributed by atoms with van der Waals surface area (Å²) in [5.41, 5.74) is 0.866. The Morgan fingerprint density at radius 3 is 2.53 bits per heavy atom. The maximum atomic E-state index is 13.5. The number of ether oxygens (including phenoxy) is 1. The van der Waals surface area contributed by atoms with Crippen molar-refractivity contribution in [3.8, 4) is 11.8 Å². The summed E-state index contributed by atoms with van der Waals surface area (Å²) in [5, 5.41) is 9.00. The van der Waals surface area contributed by atoms with Gasteiger partial charge < -0.3 is 9.72 Å². The summed E-state index contributed by atoms with van der Waals surface area (Å²) in [5.74, 6) is -4.25. The van der Waals surface area contributed by atoms with Crippen LogP contribution in [-0.4, -0.2) is 28.2 Å². The van der Waals surface area contributed by atoms with E-state index in [-0.39, 0.29) is 11.8 Å². The number of benzene rings is 2. The van der Waals surface area contributed by atoms with Gasteiger partial charge in [0.15, 0.2) is 23.3 Å². The quantitative estimate of drug-likeness (QED) is 0.401. The maximum absolute atomic E-state index is 13.5. The second-order valence-electron chi connectivity index (χ2n) is 6.96. The molecule has 1 atom stereocenters. The Hall–Kier alpha value is -3.38. The van der Waals surface area contributed by atoms with Crippen LogP contribution in [0.1, 0.15) is 25.7 Å². The number of nitrogens with zero attached hydrogens (tertiary/aromatic N) is 3. The minimum absolute atomic E-state index is 0.137. The van der Waals surface area contributed by atoms with Gasteiger partial charge >= 0.3 is 6.01 Å². The normalized spacial score (nSPS) is 12.9. The highest BCUT2D eigenvalue weighted by molar-refractivity contribution is 7.89. The van der Waals surface area contributed by atoms with Gasteiger partial charge in [-0.05, 0) is 49.6 Å². The average Bonchev–Trinajstić information content (AvgIpc) is 3.37. The number of hydrogen-bond acceptors (Lipinski definition) is 5. The van der Waals surface area contributed by atoms with E-state index in [1.807, 2.05) is 12.1 Å². The van der Waals surface area contributed by atoms with Gasteiger partial charge in [-0.3, -0.25) is 4.57 Å². The van der Waals surface area contributed by atoms with Gasteiger partial charge in [0.1, 0.15) is 5.75 Å². The molecule has 12 heteroatoms. The van der Waals surface area contributed by atoms with Gasteiger partial charge in [0, 0.05) is 24.3 Å². The molecule has 0 radical (unpaired) electrons. The third kappa shape index (κ3) is 4.06. The Kier molecular flexibility index (Phi) is 5.65. The molecule has 2 N–H and O–H groups in total. The van der Waals surface area contributed by atoms with E-state index in [2.05, 4.69) is 19.9 Å². The molecule has 0 saturated heterocycles. The zero-order valence-corrected chi connectivity index (χ0v) is 17.8. The second-order valence-corrected chi connectivity index (χ2v) is 8.67. The first-order valence-electron chi connectivity index (χ1n) is 9.54. The summed E-state index contributed by atoms with van der Waals surface area (Å²) in [6.07, 6.45) is 1.80. The lowest BCUT2D eigenvalue weighted by atomic mass is 10.2. The van der Waals surface area contributed by atoms with Crippen molar-refractivity contribution in [3.63, 3.8) is 0 Å². The minimum atomic E-state index is -4.38. The van der Waals surface area contributed by atoms with Crippen molar-refractivity contribution in [3.05, 3.63) is 65.9 Å². The fourth-order valence-electron chi connectivity index (χ4n) is 3.23. The van der Waals surface area contributed by atoms with E-state index >= 15 is 0 Å². The SMILES string of the molecule is CCn1c(Oc2ccc3cc[nH]c3c2)nnc1[C@@H](C)NS(=O)(=O)c1cc(F)c(F)c(F)c1. The molecule has 32 heavy (non-hydrogen) atoms. The molecule has 0 aliphatic rings. The fraction of sp³-hybridized carbons (Fsp3) is 0.200. The molecule has 0 aliphatic carbocycles. The van der Waals surface area contributed by atoms with Crippen molar-refractivity contribution < 1.29 is 26.3 Å². The molecule has 4 aromatic rings. The zero-order chi connectivity index (χ0) is 23.0. The topological polar surface area (TPSA) is 102 Å². The Morgan fingerprint density at radius 1 is 1.12 bits per heavy atom. The van der Waals surface area contributed by atoms with Crippen molar-refractivity contribution >= 4 is 20.9 Å². The van der Waals surface area contributed by atoms with Crippen LogP contribution in [0.5, 0.6) is 11.8 Å². The van der Waals surface area contributed by atoms with Crippen LogP contribution in [0.25, 0.3) is 10.9 Å². The molecular weight excluding hydrogens is 447 g/mol. The van der Waals surface area contributed by atoms with E-state index < -0.39 is 38.4 Å². The van der Waals surface area contributed by atoms with E-state index in [4.69, 9.17) is 4.74 Å². The van der Waals surface area contributed by atoms with Crippen LogP contribution < -0.4 is 9.46 Å². The van der Waals surface area contributed by atoms with Gasteiger partial charge in [0.25, 0.3) is 0 Å². The molecule has 0 bridgehead atoms. The predicted octanol–water partition coefficient (Wildman–Crippen LogP) is 4.03. The van der Waals surface area contributed by atoms with E-state index in [0.717, 1.165) is 10.9 Å². The number of fused-ring (bicyclic) bond motifs is 1. The third-order valence-corrected chi connectivity index (χ3v) is 6.30. The van der Waals surface area contributed by atoms with Crippen molar-refractivity contribution in [2.24, 2.45) is 0 Å². The molecule has 2 aromatic heterocycles. The summed E-state index contributed by atoms with van der Waals surface area (Å²) in [6, 6.07) is 7.34. The number of hydrogen-bond donors (Lipinski definition) is 2. The minimum Gasteiger partial charge on any atom is -0.424 e. The molecule has 0 fully saturated rings. The van der Waals surface area contributed by atoms with Crippen LogP contribution in [0.15, 0.2) is 47.5 Å². The highest BCUT2D eigenvalue weighted by atomic mass is 32.2. The summed E-state index contributed by atoms with van der Waals surface area (Å²) >= 11 is 0. The molecule has 0 amide bonds. The third-order valence-electron chi connectivity index (χ3n) is 4.78. The number of rotatable bonds is 7. The molecule has 168 valence electrons. The molecular formula is C20H18F3N5O3S. The molecule has 0 aliphatic heterocycles. The van der Waals surface area contributed by atoms with Crippen LogP contribution in [0.4, 0.5) is 13.2 Å². The standard InChI is InChI=1S/C20H18F3N5O3S/c1-3-28-19(11(2)27-32(29,30)14-9-15(21)18(23)16(22)10-14)25-26-20(28)31-13-5-4-12-6-7-24-17(12)8-13/h4-11,24,27H,3H2,1-2H3/t11-/m1/s1. The number of nitrogens with one attached hydrogen (secondary N) is 2. The largest absolute Gasteiger partial charge is 0.424 e. The molecule has 0 unspecified atom stereocenters. The Bertz CT molecular complexity index is 1380. The number of aromatic amines is 1. The lowest BCUT2D eigenvalue weighted by Crippen LogP contribution is -2.29. The zero-order valence-electron chi connectivity index (χ0n) is 16.9. The van der Waals surface area contributed by atoms with Crippen molar-refractivity contribution in [1.29, 1.82) is 0 Å². The van der Waals surface area contributed by atoms with Crippen LogP contribution >= 0.6 is 0 Å². The summed E-state index contributed by atoms with van der Waals surface area (Å²) in [4.78, 5) is 2.32. The lowest BCUT2D eigenvalue weighted by Gasteiger charge is -2.15. The summed E-state index contributed by atoms with van der Waals surface area (Å²) in [7, 11) is -4.38. The van der Waals surface area contributed by atoms with E-state index in [1.165, 1.54) is 6.92 Å². The smallest absolute Gasteiger partial charge is 0.322 e. The monoisotopic (exact) mass is 465 g/mol. The maximum Gasteiger partial charge on any atom is 0.322 e.